The number of aromatic nitrogens is 2. The quantitative estimate of drug-likeness (QED) is 0.413. The zero-order valence-corrected chi connectivity index (χ0v) is 15.7. The van der Waals surface area contributed by atoms with Gasteiger partial charge in [-0.25, -0.2) is 9.97 Å². The van der Waals surface area contributed by atoms with Gasteiger partial charge in [-0.3, -0.25) is 0 Å². The summed E-state index contributed by atoms with van der Waals surface area (Å²) in [6.45, 7) is 8.70. The summed E-state index contributed by atoms with van der Waals surface area (Å²) in [6, 6.07) is 0. The molecule has 1 saturated heterocycles. The molecule has 1 aliphatic carbocycles. The molecule has 5 nitrogen and oxygen atoms in total. The number of anilines is 1. The molecule has 1 saturated carbocycles. The van der Waals surface area contributed by atoms with Crippen LogP contribution in [0.4, 0.5) is 5.95 Å². The second-order valence-electron chi connectivity index (χ2n) is 7.31. The summed E-state index contributed by atoms with van der Waals surface area (Å²) in [5, 5.41) is 7.09. The fraction of sp³-hybridized carbons (Fsp3) is 0.571. The second kappa shape index (κ2) is 8.97. The molecule has 5 heteroatoms. The van der Waals surface area contributed by atoms with Gasteiger partial charge in [0.2, 0.25) is 5.95 Å². The molecule has 0 spiro atoms. The Morgan fingerprint density at radius 3 is 2.69 bits per heavy atom. The molecule has 1 aromatic rings. The third-order valence-electron chi connectivity index (χ3n) is 5.71. The highest BCUT2D eigenvalue weighted by Crippen LogP contribution is 2.49. The van der Waals surface area contributed by atoms with Crippen molar-refractivity contribution in [2.24, 2.45) is 17.8 Å². The van der Waals surface area contributed by atoms with Crippen molar-refractivity contribution >= 4 is 12.2 Å². The first-order chi connectivity index (χ1) is 12.7. The van der Waals surface area contributed by atoms with Crippen molar-refractivity contribution in [2.45, 2.75) is 39.0 Å². The molecule has 0 bridgehead atoms. The van der Waals surface area contributed by atoms with Gasteiger partial charge in [0.25, 0.3) is 0 Å². The van der Waals surface area contributed by atoms with E-state index in [1.165, 1.54) is 31.0 Å². The molecule has 140 valence electrons. The van der Waals surface area contributed by atoms with Crippen molar-refractivity contribution in [1.82, 2.24) is 9.97 Å². The summed E-state index contributed by atoms with van der Waals surface area (Å²) in [6.07, 6.45) is 14.4. The smallest absolute Gasteiger partial charge is 0.225 e. The minimum Gasteiger partial charge on any atom is -0.494 e. The number of hydrogen-bond donors (Lipinski definition) is 1. The average Bonchev–Trinajstić information content (AvgIpc) is 3.47. The number of ether oxygens (including phenoxy) is 1. The summed E-state index contributed by atoms with van der Waals surface area (Å²) in [7, 11) is 0. The first-order valence-electron chi connectivity index (χ1n) is 9.77. The first kappa shape index (κ1) is 18.6. The summed E-state index contributed by atoms with van der Waals surface area (Å²) >= 11 is 0. The Bertz CT molecular complexity index is 632. The maximum Gasteiger partial charge on any atom is 0.225 e. The lowest BCUT2D eigenvalue weighted by Crippen LogP contribution is -2.35. The van der Waals surface area contributed by atoms with Gasteiger partial charge < -0.3 is 15.0 Å². The summed E-state index contributed by atoms with van der Waals surface area (Å²) in [5.74, 6) is 4.08. The topological polar surface area (TPSA) is 62.1 Å². The van der Waals surface area contributed by atoms with Crippen molar-refractivity contribution < 1.29 is 4.74 Å². The standard InChI is InChI=1S/C21H30N4O/c1-3-16-14-23-21(24-15-16)25-10-6-17(7-11-25)20-13-18(20)8-12-26-19(4-2)5-9-22/h4-5,9,14-15,17-18,20,22H,2-3,6-8,10-13H2,1H3/b19-5+,22-9?. The van der Waals surface area contributed by atoms with E-state index in [0.717, 1.165) is 56.2 Å². The SMILES string of the molecule is C=C/C(=C\C=N)OCCC1CC1C1CCN(c2ncc(CC)cn2)CC1. The third-order valence-corrected chi connectivity index (χ3v) is 5.71. The van der Waals surface area contributed by atoms with Gasteiger partial charge in [-0.1, -0.05) is 13.5 Å². The highest BCUT2D eigenvalue weighted by Gasteiger charge is 2.43. The van der Waals surface area contributed by atoms with Crippen molar-refractivity contribution in [3.8, 4) is 0 Å². The molecule has 26 heavy (non-hydrogen) atoms. The van der Waals surface area contributed by atoms with Gasteiger partial charge in [0.15, 0.2) is 0 Å². The van der Waals surface area contributed by atoms with E-state index in [9.17, 15) is 0 Å². The van der Waals surface area contributed by atoms with Crippen LogP contribution in [0.2, 0.25) is 0 Å². The maximum atomic E-state index is 7.09. The van der Waals surface area contributed by atoms with Gasteiger partial charge in [-0.15, -0.1) is 0 Å². The zero-order chi connectivity index (χ0) is 18.4. The van der Waals surface area contributed by atoms with E-state index in [0.29, 0.717) is 5.76 Å². The molecule has 1 N–H and O–H groups in total. The first-order valence-corrected chi connectivity index (χ1v) is 9.77. The van der Waals surface area contributed by atoms with Crippen LogP contribution in [0, 0.1) is 23.2 Å². The van der Waals surface area contributed by atoms with E-state index in [1.54, 1.807) is 12.2 Å². The molecule has 2 aliphatic rings. The van der Waals surface area contributed by atoms with Crippen LogP contribution in [0.15, 0.2) is 36.9 Å². The molecule has 3 rings (SSSR count). The van der Waals surface area contributed by atoms with Gasteiger partial charge >= 0.3 is 0 Å². The zero-order valence-electron chi connectivity index (χ0n) is 15.7. The van der Waals surface area contributed by atoms with Crippen LogP contribution < -0.4 is 4.90 Å². The van der Waals surface area contributed by atoms with Crippen LogP contribution in [0.25, 0.3) is 0 Å². The molecule has 0 radical (unpaired) electrons. The number of allylic oxidation sites excluding steroid dienone is 2. The van der Waals surface area contributed by atoms with E-state index < -0.39 is 0 Å². The van der Waals surface area contributed by atoms with Gasteiger partial charge in [-0.2, -0.15) is 0 Å². The Morgan fingerprint density at radius 2 is 2.08 bits per heavy atom. The van der Waals surface area contributed by atoms with Crippen molar-refractivity contribution in [3.05, 3.63) is 42.4 Å². The number of hydrogen-bond acceptors (Lipinski definition) is 5. The van der Waals surface area contributed by atoms with E-state index in [2.05, 4.69) is 28.4 Å². The summed E-state index contributed by atoms with van der Waals surface area (Å²) in [4.78, 5) is 11.4. The van der Waals surface area contributed by atoms with Crippen LogP contribution in [-0.2, 0) is 11.2 Å². The highest BCUT2D eigenvalue weighted by atomic mass is 16.5. The minimum absolute atomic E-state index is 0.694. The molecule has 2 unspecified atom stereocenters. The van der Waals surface area contributed by atoms with Crippen LogP contribution in [-0.4, -0.2) is 35.9 Å². The van der Waals surface area contributed by atoms with Gasteiger partial charge in [0.1, 0.15) is 5.76 Å². The molecule has 2 fully saturated rings. The molecule has 1 aromatic heterocycles. The fourth-order valence-electron chi connectivity index (χ4n) is 3.99. The van der Waals surface area contributed by atoms with E-state index in [-0.39, 0.29) is 0 Å². The predicted molar refractivity (Wildman–Crippen MR) is 106 cm³/mol. The Kier molecular flexibility index (Phi) is 6.42. The molecule has 1 aliphatic heterocycles. The number of nitrogens with zero attached hydrogens (tertiary/aromatic N) is 3. The second-order valence-corrected chi connectivity index (χ2v) is 7.31. The normalized spacial score (nSPS) is 23.6. The number of nitrogens with one attached hydrogen (secondary N) is 1. The predicted octanol–water partition coefficient (Wildman–Crippen LogP) is 4.02. The van der Waals surface area contributed by atoms with Crippen molar-refractivity contribution in [2.75, 3.05) is 24.6 Å². The van der Waals surface area contributed by atoms with E-state index in [1.807, 2.05) is 12.4 Å². The summed E-state index contributed by atoms with van der Waals surface area (Å²) in [5.41, 5.74) is 1.20. The lowest BCUT2D eigenvalue weighted by molar-refractivity contribution is 0.209. The van der Waals surface area contributed by atoms with Gasteiger partial charge in [0.05, 0.1) is 6.61 Å². The fourth-order valence-corrected chi connectivity index (χ4v) is 3.99. The monoisotopic (exact) mass is 354 g/mol. The Hall–Kier alpha value is -2.17. The maximum absolute atomic E-state index is 7.09. The Balaban J connectivity index is 1.38. The molecule has 0 amide bonds. The highest BCUT2D eigenvalue weighted by molar-refractivity contribution is 5.69. The van der Waals surface area contributed by atoms with E-state index >= 15 is 0 Å². The Labute approximate surface area is 156 Å². The Morgan fingerprint density at radius 1 is 1.35 bits per heavy atom. The van der Waals surface area contributed by atoms with Crippen molar-refractivity contribution in [3.63, 3.8) is 0 Å². The minimum atomic E-state index is 0.694. The molecular formula is C21H30N4O. The lowest BCUT2D eigenvalue weighted by atomic mass is 9.90. The van der Waals surface area contributed by atoms with Crippen molar-refractivity contribution in [1.29, 1.82) is 5.41 Å². The van der Waals surface area contributed by atoms with Gasteiger partial charge in [-0.05, 0) is 67.6 Å². The summed E-state index contributed by atoms with van der Waals surface area (Å²) < 4.78 is 5.68. The lowest BCUT2D eigenvalue weighted by Gasteiger charge is -2.32. The van der Waals surface area contributed by atoms with Crippen LogP contribution >= 0.6 is 0 Å². The van der Waals surface area contributed by atoms with Crippen LogP contribution in [0.3, 0.4) is 0 Å². The number of aryl methyl sites for hydroxylation is 1. The molecule has 2 heterocycles. The van der Waals surface area contributed by atoms with Gasteiger partial charge in [0, 0.05) is 31.7 Å². The van der Waals surface area contributed by atoms with Crippen LogP contribution in [0.5, 0.6) is 0 Å². The molecule has 0 aromatic carbocycles. The molecular weight excluding hydrogens is 324 g/mol. The largest absolute Gasteiger partial charge is 0.494 e. The number of piperidine rings is 1. The van der Waals surface area contributed by atoms with E-state index in [4.69, 9.17) is 10.1 Å². The number of rotatable bonds is 9. The molecule has 2 atom stereocenters. The van der Waals surface area contributed by atoms with Crippen LogP contribution in [0.1, 0.15) is 38.2 Å². The average molecular weight is 354 g/mol. The third kappa shape index (κ3) is 4.71.